The van der Waals surface area contributed by atoms with Crippen molar-refractivity contribution >= 4 is 25.6 Å². The third kappa shape index (κ3) is 16.7. The van der Waals surface area contributed by atoms with Crippen LogP contribution in [0, 0.1) is 0 Å². The Morgan fingerprint density at radius 1 is 0.333 bits per heavy atom. The van der Waals surface area contributed by atoms with Crippen LogP contribution in [-0.2, 0) is 19.2 Å². The fourth-order valence-electron chi connectivity index (χ4n) is 4.10. The summed E-state index contributed by atoms with van der Waals surface area (Å²) in [7, 11) is 0. The Labute approximate surface area is 214 Å². The number of hydrogen-bond acceptors (Lipinski definition) is 4. The van der Waals surface area contributed by atoms with Crippen molar-refractivity contribution in [1.29, 1.82) is 0 Å². The molecule has 4 fully saturated rings. The van der Waals surface area contributed by atoms with Crippen LogP contribution in [0.2, 0.25) is 0 Å². The van der Waals surface area contributed by atoms with Gasteiger partial charge in [-0.1, -0.05) is 0 Å². The minimum atomic E-state index is 0. The van der Waals surface area contributed by atoms with Crippen LogP contribution in [0.3, 0.4) is 0 Å². The van der Waals surface area contributed by atoms with Crippen LogP contribution >= 0.6 is 0 Å². The maximum absolute atomic E-state index is 10.1. The zero-order chi connectivity index (χ0) is 23.3. The Kier molecular flexibility index (Phi) is 21.3. The van der Waals surface area contributed by atoms with E-state index in [9.17, 15) is 19.2 Å². The molecule has 4 aliphatic rings. The Morgan fingerprint density at radius 3 is 0.576 bits per heavy atom. The van der Waals surface area contributed by atoms with Crippen molar-refractivity contribution in [3.8, 4) is 0 Å². The van der Waals surface area contributed by atoms with Crippen molar-refractivity contribution in [2.75, 3.05) is 52.4 Å². The number of likely N-dealkylation sites (tertiary alicyclic amines) is 4. The normalized spacial score (nSPS) is 20.1. The van der Waals surface area contributed by atoms with Gasteiger partial charge in [0.1, 0.15) is 0 Å². The number of nitrogens with zero attached hydrogens (tertiary/aromatic N) is 4. The number of carbonyl (C=O) groups excluding carboxylic acids is 4. The van der Waals surface area contributed by atoms with Crippen molar-refractivity contribution in [3.05, 3.63) is 0 Å². The molecule has 0 aliphatic carbocycles. The third-order valence-electron chi connectivity index (χ3n) is 6.16. The number of hydrogen-bond donors (Lipinski definition) is 0. The van der Waals surface area contributed by atoms with Crippen molar-refractivity contribution in [3.63, 3.8) is 0 Å². The molecule has 0 atom stereocenters. The fourth-order valence-corrected chi connectivity index (χ4v) is 4.10. The average molecular weight is 461 g/mol. The first kappa shape index (κ1) is 31.5. The SMILES string of the molecule is O=CN1CCCCC1.O=CN1CCCCC1.O=CN1CCCCC1.O=CN1CCCCC1.[H-].[Li+]. The summed E-state index contributed by atoms with van der Waals surface area (Å²) in [4.78, 5) is 47.7. The van der Waals surface area contributed by atoms with E-state index < -0.39 is 0 Å². The van der Waals surface area contributed by atoms with Crippen LogP contribution in [0.4, 0.5) is 0 Å². The van der Waals surface area contributed by atoms with Gasteiger partial charge in [0.05, 0.1) is 0 Å². The van der Waals surface area contributed by atoms with Crippen LogP contribution in [0.15, 0.2) is 0 Å². The summed E-state index contributed by atoms with van der Waals surface area (Å²) in [5, 5.41) is 0. The molecule has 4 heterocycles. The summed E-state index contributed by atoms with van der Waals surface area (Å²) in [5.74, 6) is 0. The average Bonchev–Trinajstić information content (AvgIpc) is 2.91. The molecule has 0 aromatic rings. The van der Waals surface area contributed by atoms with Crippen LogP contribution in [0.25, 0.3) is 0 Å². The molecule has 33 heavy (non-hydrogen) atoms. The van der Waals surface area contributed by atoms with Crippen molar-refractivity contribution < 1.29 is 39.5 Å². The number of carbonyl (C=O) groups is 4. The van der Waals surface area contributed by atoms with Crippen LogP contribution in [0.1, 0.15) is 78.5 Å². The monoisotopic (exact) mass is 460 g/mol. The minimum absolute atomic E-state index is 0. The quantitative estimate of drug-likeness (QED) is 0.424. The molecule has 0 bridgehead atoms. The van der Waals surface area contributed by atoms with Crippen molar-refractivity contribution in [2.24, 2.45) is 0 Å². The minimum Gasteiger partial charge on any atom is -1.00 e. The largest absolute Gasteiger partial charge is 1.00 e. The van der Waals surface area contributed by atoms with E-state index in [0.29, 0.717) is 0 Å². The summed E-state index contributed by atoms with van der Waals surface area (Å²) in [6.07, 6.45) is 18.5. The molecule has 186 valence electrons. The summed E-state index contributed by atoms with van der Waals surface area (Å²) < 4.78 is 0. The molecule has 0 aromatic carbocycles. The molecule has 4 rings (SSSR count). The van der Waals surface area contributed by atoms with Gasteiger partial charge in [0, 0.05) is 52.4 Å². The molecule has 0 aromatic heterocycles. The van der Waals surface area contributed by atoms with Gasteiger partial charge < -0.3 is 21.0 Å². The first-order chi connectivity index (χ1) is 15.7. The molecule has 0 saturated carbocycles. The zero-order valence-corrected chi connectivity index (χ0v) is 20.9. The maximum Gasteiger partial charge on any atom is 1.00 e. The molecule has 4 saturated heterocycles. The molecule has 4 amide bonds. The van der Waals surface area contributed by atoms with Gasteiger partial charge in [-0.3, -0.25) is 19.2 Å². The Hall–Kier alpha value is -1.52. The zero-order valence-electron chi connectivity index (χ0n) is 21.9. The van der Waals surface area contributed by atoms with E-state index in [4.69, 9.17) is 0 Å². The second kappa shape index (κ2) is 22.3. The molecule has 9 heteroatoms. The van der Waals surface area contributed by atoms with Crippen molar-refractivity contribution in [1.82, 2.24) is 19.6 Å². The molecule has 0 spiro atoms. The second-order valence-electron chi connectivity index (χ2n) is 8.81. The van der Waals surface area contributed by atoms with Gasteiger partial charge in [-0.2, -0.15) is 0 Å². The Morgan fingerprint density at radius 2 is 0.485 bits per heavy atom. The summed E-state index contributed by atoms with van der Waals surface area (Å²) in [6, 6.07) is 0. The molecule has 0 N–H and O–H groups in total. The number of amides is 4. The summed E-state index contributed by atoms with van der Waals surface area (Å²) in [5.41, 5.74) is 0. The first-order valence-electron chi connectivity index (χ1n) is 12.5. The fraction of sp³-hybridized carbons (Fsp3) is 0.833. The Balaban J connectivity index is 0. The molecule has 0 unspecified atom stereocenters. The number of piperidine rings is 4. The van der Waals surface area contributed by atoms with E-state index in [0.717, 1.165) is 78.0 Å². The van der Waals surface area contributed by atoms with Gasteiger partial charge in [0.25, 0.3) is 0 Å². The maximum atomic E-state index is 10.1. The first-order valence-corrected chi connectivity index (χ1v) is 12.5. The second-order valence-corrected chi connectivity index (χ2v) is 8.81. The number of rotatable bonds is 4. The molecule has 8 nitrogen and oxygen atoms in total. The standard InChI is InChI=1S/4C6H11NO.Li.H/c4*8-6-7-4-2-1-3-5-7;;/h4*6H,1-5H2;;/q;;;;+1;-1. The topological polar surface area (TPSA) is 81.2 Å². The predicted molar refractivity (Wildman–Crippen MR) is 127 cm³/mol. The summed E-state index contributed by atoms with van der Waals surface area (Å²) >= 11 is 0. The third-order valence-corrected chi connectivity index (χ3v) is 6.16. The molecular formula is C24H45LiN4O4. The van der Waals surface area contributed by atoms with Gasteiger partial charge in [0.15, 0.2) is 0 Å². The van der Waals surface area contributed by atoms with Gasteiger partial charge >= 0.3 is 18.9 Å². The van der Waals surface area contributed by atoms with Gasteiger partial charge in [0.2, 0.25) is 25.6 Å². The summed E-state index contributed by atoms with van der Waals surface area (Å²) in [6.45, 7) is 7.81. The van der Waals surface area contributed by atoms with Crippen LogP contribution < -0.4 is 18.9 Å². The van der Waals surface area contributed by atoms with E-state index in [1.807, 2.05) is 19.6 Å². The van der Waals surface area contributed by atoms with E-state index in [-0.39, 0.29) is 20.3 Å². The molecular weight excluding hydrogens is 415 g/mol. The van der Waals surface area contributed by atoms with E-state index in [1.165, 1.54) is 77.0 Å². The van der Waals surface area contributed by atoms with Gasteiger partial charge in [-0.15, -0.1) is 0 Å². The van der Waals surface area contributed by atoms with Crippen LogP contribution in [0.5, 0.6) is 0 Å². The smallest absolute Gasteiger partial charge is 1.00 e. The van der Waals surface area contributed by atoms with Crippen molar-refractivity contribution in [2.45, 2.75) is 77.0 Å². The van der Waals surface area contributed by atoms with E-state index in [1.54, 1.807) is 0 Å². The van der Waals surface area contributed by atoms with E-state index >= 15 is 0 Å². The predicted octanol–water partition coefficient (Wildman–Crippen LogP) is -0.369. The molecule has 0 radical (unpaired) electrons. The van der Waals surface area contributed by atoms with Crippen LogP contribution in [-0.4, -0.2) is 97.6 Å². The molecule has 4 aliphatic heterocycles. The van der Waals surface area contributed by atoms with Gasteiger partial charge in [-0.25, -0.2) is 0 Å². The van der Waals surface area contributed by atoms with E-state index in [2.05, 4.69) is 0 Å². The van der Waals surface area contributed by atoms with Gasteiger partial charge in [-0.05, 0) is 77.0 Å². The Bertz CT molecular complexity index is 407.